The van der Waals surface area contributed by atoms with E-state index in [2.05, 4.69) is 40.4 Å². The fourth-order valence-corrected chi connectivity index (χ4v) is 6.14. The van der Waals surface area contributed by atoms with Crippen LogP contribution in [0.25, 0.3) is 21.3 Å². The number of carbonyl (C=O) groups excluding carboxylic acids is 1. The molecule has 5 nitrogen and oxygen atoms in total. The molecule has 6 rings (SSSR count). The van der Waals surface area contributed by atoms with Gasteiger partial charge in [-0.3, -0.25) is 14.7 Å². The van der Waals surface area contributed by atoms with Crippen LogP contribution in [0.2, 0.25) is 5.02 Å². The maximum absolute atomic E-state index is 13.6. The summed E-state index contributed by atoms with van der Waals surface area (Å²) in [5.74, 6) is 0.660. The van der Waals surface area contributed by atoms with Crippen LogP contribution in [0.5, 0.6) is 5.75 Å². The molecule has 184 valence electrons. The van der Waals surface area contributed by atoms with Gasteiger partial charge in [0.15, 0.2) is 0 Å². The van der Waals surface area contributed by atoms with Gasteiger partial charge in [0.25, 0.3) is 5.91 Å². The van der Waals surface area contributed by atoms with E-state index in [0.717, 1.165) is 69.0 Å². The second-order valence-electron chi connectivity index (χ2n) is 9.94. The molecule has 1 saturated heterocycles. The lowest BCUT2D eigenvalue weighted by atomic mass is 9.95. The van der Waals surface area contributed by atoms with E-state index < -0.39 is 5.54 Å². The Morgan fingerprint density at radius 2 is 2.11 bits per heavy atom. The van der Waals surface area contributed by atoms with Gasteiger partial charge in [0.1, 0.15) is 12.4 Å². The monoisotopic (exact) mass is 517 g/mol. The van der Waals surface area contributed by atoms with E-state index in [-0.39, 0.29) is 5.91 Å². The standard InChI is InChI=1S/C29H28ClN3O2S/c1-18-5-6-21(35-17-20-7-12-33(20)2)16-23(18)28(34)32-29(9-10-29)24-14-19(27-25(30)8-13-36-27)15-26-22(24)4-3-11-31-26/h3-6,8,11,13-16,20H,7,9-10,12,17H2,1-2H3,(H,32,34). The molecule has 1 N–H and O–H groups in total. The van der Waals surface area contributed by atoms with Crippen LogP contribution >= 0.6 is 22.9 Å². The van der Waals surface area contributed by atoms with Crippen molar-refractivity contribution < 1.29 is 9.53 Å². The van der Waals surface area contributed by atoms with Crippen LogP contribution in [-0.2, 0) is 5.54 Å². The zero-order valence-electron chi connectivity index (χ0n) is 20.4. The van der Waals surface area contributed by atoms with Crippen molar-refractivity contribution in [1.29, 1.82) is 0 Å². The number of nitrogens with zero attached hydrogens (tertiary/aromatic N) is 2. The number of aryl methyl sites for hydroxylation is 1. The Balaban J connectivity index is 1.30. The zero-order chi connectivity index (χ0) is 24.9. The average Bonchev–Trinajstić information content (AvgIpc) is 3.53. The molecule has 0 spiro atoms. The summed E-state index contributed by atoms with van der Waals surface area (Å²) in [6.45, 7) is 3.72. The molecule has 1 saturated carbocycles. The number of nitrogens with one attached hydrogen (secondary N) is 1. The number of ether oxygens (including phenoxy) is 1. The minimum Gasteiger partial charge on any atom is -0.492 e. The number of carbonyl (C=O) groups is 1. The molecule has 2 fully saturated rings. The number of benzene rings is 2. The van der Waals surface area contributed by atoms with Crippen molar-refractivity contribution in [3.8, 4) is 16.2 Å². The first-order valence-electron chi connectivity index (χ1n) is 12.3. The van der Waals surface area contributed by atoms with Crippen molar-refractivity contribution >= 4 is 39.7 Å². The highest BCUT2D eigenvalue weighted by Gasteiger charge is 2.47. The molecule has 1 aliphatic carbocycles. The Kier molecular flexibility index (Phi) is 5.98. The third-order valence-corrected chi connectivity index (χ3v) is 8.94. The molecule has 4 aromatic rings. The number of amides is 1. The number of halogens is 1. The van der Waals surface area contributed by atoms with E-state index in [1.807, 2.05) is 42.6 Å². The van der Waals surface area contributed by atoms with Gasteiger partial charge in [-0.15, -0.1) is 11.3 Å². The van der Waals surface area contributed by atoms with Crippen LogP contribution < -0.4 is 10.1 Å². The minimum absolute atomic E-state index is 0.0761. The quantitative estimate of drug-likeness (QED) is 0.307. The summed E-state index contributed by atoms with van der Waals surface area (Å²) < 4.78 is 6.04. The summed E-state index contributed by atoms with van der Waals surface area (Å²) in [6, 6.07) is 16.4. The molecule has 2 aromatic heterocycles. The van der Waals surface area contributed by atoms with Gasteiger partial charge in [-0.2, -0.15) is 0 Å². The number of hydrogen-bond acceptors (Lipinski definition) is 5. The smallest absolute Gasteiger partial charge is 0.252 e. The van der Waals surface area contributed by atoms with Crippen molar-refractivity contribution in [2.75, 3.05) is 20.2 Å². The number of likely N-dealkylation sites (tertiary alicyclic amines) is 1. The van der Waals surface area contributed by atoms with Gasteiger partial charge in [0.2, 0.25) is 0 Å². The van der Waals surface area contributed by atoms with Gasteiger partial charge in [-0.05, 0) is 98.2 Å². The Bertz CT molecular complexity index is 1460. The predicted molar refractivity (Wildman–Crippen MR) is 146 cm³/mol. The van der Waals surface area contributed by atoms with E-state index in [4.69, 9.17) is 16.3 Å². The largest absolute Gasteiger partial charge is 0.492 e. The molecule has 0 bridgehead atoms. The highest BCUT2D eigenvalue weighted by Crippen LogP contribution is 2.50. The van der Waals surface area contributed by atoms with Gasteiger partial charge >= 0.3 is 0 Å². The molecule has 2 aliphatic rings. The molecular weight excluding hydrogens is 490 g/mol. The Morgan fingerprint density at radius 1 is 1.25 bits per heavy atom. The molecule has 0 radical (unpaired) electrons. The van der Waals surface area contributed by atoms with E-state index in [1.54, 1.807) is 17.5 Å². The number of rotatable bonds is 7. The van der Waals surface area contributed by atoms with E-state index >= 15 is 0 Å². The van der Waals surface area contributed by atoms with Crippen LogP contribution in [0.3, 0.4) is 0 Å². The highest BCUT2D eigenvalue weighted by atomic mass is 35.5. The fourth-order valence-electron chi connectivity index (χ4n) is 4.99. The topological polar surface area (TPSA) is 54.5 Å². The highest BCUT2D eigenvalue weighted by molar-refractivity contribution is 7.14. The van der Waals surface area contributed by atoms with Crippen LogP contribution in [-0.4, -0.2) is 42.0 Å². The minimum atomic E-state index is -0.421. The van der Waals surface area contributed by atoms with Gasteiger partial charge in [-0.1, -0.05) is 23.7 Å². The first-order valence-corrected chi connectivity index (χ1v) is 13.6. The molecule has 2 aromatic carbocycles. The third-order valence-electron chi connectivity index (χ3n) is 7.55. The van der Waals surface area contributed by atoms with Crippen molar-refractivity contribution in [2.24, 2.45) is 0 Å². The Morgan fingerprint density at radius 3 is 2.81 bits per heavy atom. The van der Waals surface area contributed by atoms with Crippen LogP contribution in [0.15, 0.2) is 60.1 Å². The molecule has 7 heteroatoms. The van der Waals surface area contributed by atoms with E-state index in [0.29, 0.717) is 18.2 Å². The van der Waals surface area contributed by atoms with Crippen LogP contribution in [0.1, 0.15) is 40.7 Å². The molecular formula is C29H28ClN3O2S. The summed E-state index contributed by atoms with van der Waals surface area (Å²) in [7, 11) is 2.11. The van der Waals surface area contributed by atoms with Crippen molar-refractivity contribution in [3.05, 3.63) is 81.8 Å². The van der Waals surface area contributed by atoms with Gasteiger partial charge in [-0.25, -0.2) is 0 Å². The second-order valence-corrected chi connectivity index (χ2v) is 11.3. The van der Waals surface area contributed by atoms with Gasteiger partial charge < -0.3 is 10.1 Å². The number of aromatic nitrogens is 1. The number of likely N-dealkylation sites (N-methyl/N-ethyl adjacent to an activating group) is 1. The molecule has 1 unspecified atom stereocenters. The fraction of sp³-hybridized carbons (Fsp3) is 0.310. The molecule has 3 heterocycles. The summed E-state index contributed by atoms with van der Waals surface area (Å²) in [5, 5.41) is 7.17. The zero-order valence-corrected chi connectivity index (χ0v) is 22.0. The predicted octanol–water partition coefficient (Wildman–Crippen LogP) is 6.43. The maximum atomic E-state index is 13.6. The van der Waals surface area contributed by atoms with Crippen LogP contribution in [0.4, 0.5) is 0 Å². The number of pyridine rings is 1. The van der Waals surface area contributed by atoms with Crippen LogP contribution in [0, 0.1) is 6.92 Å². The van der Waals surface area contributed by atoms with E-state index in [9.17, 15) is 4.79 Å². The van der Waals surface area contributed by atoms with Gasteiger partial charge in [0.05, 0.1) is 21.0 Å². The second kappa shape index (κ2) is 9.18. The molecule has 1 atom stereocenters. The molecule has 36 heavy (non-hydrogen) atoms. The third kappa shape index (κ3) is 4.27. The van der Waals surface area contributed by atoms with Crippen molar-refractivity contribution in [3.63, 3.8) is 0 Å². The van der Waals surface area contributed by atoms with Gasteiger partial charge in [0, 0.05) is 23.2 Å². The molecule has 1 aliphatic heterocycles. The summed E-state index contributed by atoms with van der Waals surface area (Å²) >= 11 is 8.09. The van der Waals surface area contributed by atoms with Crippen molar-refractivity contribution in [2.45, 2.75) is 37.8 Å². The summed E-state index contributed by atoms with van der Waals surface area (Å²) in [6.07, 6.45) is 4.72. The van der Waals surface area contributed by atoms with Crippen molar-refractivity contribution in [1.82, 2.24) is 15.2 Å². The Hall–Kier alpha value is -2.93. The lowest BCUT2D eigenvalue weighted by molar-refractivity contribution is 0.0767. The molecule has 1 amide bonds. The Labute approximate surface area is 220 Å². The average molecular weight is 518 g/mol. The SMILES string of the molecule is Cc1ccc(OCC2CCN2C)cc1C(=O)NC1(c2cc(-c3sccc3Cl)cc3ncccc23)CC1. The van der Waals surface area contributed by atoms with E-state index in [1.165, 1.54) is 0 Å². The summed E-state index contributed by atoms with van der Waals surface area (Å²) in [4.78, 5) is 21.5. The number of fused-ring (bicyclic) bond motifs is 1. The first-order chi connectivity index (χ1) is 17.4. The number of thiophene rings is 1. The summed E-state index contributed by atoms with van der Waals surface area (Å²) in [5.41, 5.74) is 4.20. The first kappa shape index (κ1) is 23.5. The lowest BCUT2D eigenvalue weighted by Gasteiger charge is -2.37. The maximum Gasteiger partial charge on any atom is 0.252 e. The normalized spacial score (nSPS) is 18.6. The number of hydrogen-bond donors (Lipinski definition) is 1. The lowest BCUT2D eigenvalue weighted by Crippen LogP contribution is -2.48.